The minimum absolute atomic E-state index is 0.0381. The van der Waals surface area contributed by atoms with Crippen LogP contribution in [0.2, 0.25) is 0 Å². The number of ketones is 1. The quantitative estimate of drug-likeness (QED) is 0.636. The van der Waals surface area contributed by atoms with E-state index >= 15 is 0 Å². The Morgan fingerprint density at radius 1 is 1.29 bits per heavy atom. The number of carbonyl (C=O) groups excluding carboxylic acids is 1. The Hall–Kier alpha value is -2.29. The Balaban J connectivity index is 2.95. The summed E-state index contributed by atoms with van der Waals surface area (Å²) in [6.07, 6.45) is -4.40. The second-order valence-corrected chi connectivity index (χ2v) is 3.15. The lowest BCUT2D eigenvalue weighted by Crippen LogP contribution is -2.20. The summed E-state index contributed by atoms with van der Waals surface area (Å²) in [5, 5.41) is 8.50. The van der Waals surface area contributed by atoms with E-state index < -0.39 is 17.7 Å². The second kappa shape index (κ2) is 4.70. The van der Waals surface area contributed by atoms with Gasteiger partial charge in [-0.3, -0.25) is 4.79 Å². The zero-order chi connectivity index (χ0) is 13.1. The zero-order valence-corrected chi connectivity index (χ0v) is 8.45. The molecule has 0 saturated heterocycles. The molecule has 0 saturated carbocycles. The van der Waals surface area contributed by atoms with Gasteiger partial charge in [0.1, 0.15) is 5.70 Å². The van der Waals surface area contributed by atoms with Gasteiger partial charge in [0, 0.05) is 11.6 Å². The van der Waals surface area contributed by atoms with Gasteiger partial charge in [-0.05, 0) is 24.3 Å². The summed E-state index contributed by atoms with van der Waals surface area (Å²) >= 11 is 0. The summed E-state index contributed by atoms with van der Waals surface area (Å²) in [5.41, 5.74) is 3.61. The number of carbonyl (C=O) groups is 1. The fourth-order valence-corrected chi connectivity index (χ4v) is 1.02. The third-order valence-electron chi connectivity index (χ3n) is 1.91. The maximum absolute atomic E-state index is 12.1. The number of hydrogen-bond donors (Lipinski definition) is 1. The van der Waals surface area contributed by atoms with Crippen LogP contribution in [-0.2, 0) is 0 Å². The van der Waals surface area contributed by atoms with Crippen molar-refractivity contribution >= 4 is 5.78 Å². The molecular weight excluding hydrogens is 233 g/mol. The van der Waals surface area contributed by atoms with E-state index in [9.17, 15) is 18.0 Å². The minimum Gasteiger partial charge on any atom is -0.395 e. The second-order valence-electron chi connectivity index (χ2n) is 3.15. The first-order valence-corrected chi connectivity index (χ1v) is 4.43. The molecule has 0 bridgehead atoms. The lowest BCUT2D eigenvalue weighted by atomic mass is 10.1. The van der Waals surface area contributed by atoms with E-state index in [1.54, 1.807) is 0 Å². The van der Waals surface area contributed by atoms with Gasteiger partial charge in [0.05, 0.1) is 11.6 Å². The van der Waals surface area contributed by atoms with Crippen LogP contribution in [0.25, 0.3) is 0 Å². The maximum Gasteiger partial charge on any atom is 0.430 e. The number of halogens is 3. The van der Waals surface area contributed by atoms with Crippen LogP contribution in [0.5, 0.6) is 0 Å². The van der Waals surface area contributed by atoms with E-state index in [4.69, 9.17) is 11.0 Å². The van der Waals surface area contributed by atoms with Crippen LogP contribution >= 0.6 is 0 Å². The fraction of sp³-hybridized carbons (Fsp3) is 0.0909. The van der Waals surface area contributed by atoms with Gasteiger partial charge >= 0.3 is 6.18 Å². The van der Waals surface area contributed by atoms with E-state index in [1.807, 2.05) is 6.07 Å². The van der Waals surface area contributed by atoms with Gasteiger partial charge in [0.15, 0.2) is 5.78 Å². The molecule has 0 spiro atoms. The summed E-state index contributed by atoms with van der Waals surface area (Å²) in [7, 11) is 0. The van der Waals surface area contributed by atoms with E-state index in [0.29, 0.717) is 11.6 Å². The Morgan fingerprint density at radius 3 is 2.24 bits per heavy atom. The first-order chi connectivity index (χ1) is 7.84. The molecule has 3 nitrogen and oxygen atoms in total. The molecular formula is C11H7F3N2O. The van der Waals surface area contributed by atoms with Crippen molar-refractivity contribution in [2.75, 3.05) is 0 Å². The monoisotopic (exact) mass is 240 g/mol. The van der Waals surface area contributed by atoms with Gasteiger partial charge in [-0.25, -0.2) is 0 Å². The molecule has 0 amide bonds. The molecule has 0 atom stereocenters. The van der Waals surface area contributed by atoms with Gasteiger partial charge < -0.3 is 5.73 Å². The number of nitrogens with zero attached hydrogens (tertiary/aromatic N) is 1. The number of nitrogens with two attached hydrogens (primary N) is 1. The van der Waals surface area contributed by atoms with Crippen LogP contribution in [0, 0.1) is 11.3 Å². The highest BCUT2D eigenvalue weighted by molar-refractivity contribution is 6.04. The molecule has 0 aliphatic carbocycles. The fourth-order valence-electron chi connectivity index (χ4n) is 1.02. The van der Waals surface area contributed by atoms with Crippen molar-refractivity contribution in [3.8, 4) is 6.07 Å². The van der Waals surface area contributed by atoms with Crippen molar-refractivity contribution in [3.63, 3.8) is 0 Å². The van der Waals surface area contributed by atoms with E-state index in [0.717, 1.165) is 0 Å². The zero-order valence-electron chi connectivity index (χ0n) is 8.45. The Labute approximate surface area is 95.0 Å². The van der Waals surface area contributed by atoms with Crippen molar-refractivity contribution in [1.29, 1.82) is 5.26 Å². The van der Waals surface area contributed by atoms with Crippen molar-refractivity contribution in [2.24, 2.45) is 5.73 Å². The third kappa shape index (κ3) is 3.34. The van der Waals surface area contributed by atoms with Crippen LogP contribution in [0.4, 0.5) is 13.2 Å². The molecule has 0 heterocycles. The lowest BCUT2D eigenvalue weighted by molar-refractivity contribution is -0.0927. The first-order valence-electron chi connectivity index (χ1n) is 4.43. The normalized spacial score (nSPS) is 12.0. The predicted octanol–water partition coefficient (Wildman–Crippen LogP) is 2.15. The van der Waals surface area contributed by atoms with E-state index in [-0.39, 0.29) is 5.56 Å². The van der Waals surface area contributed by atoms with Crippen LogP contribution in [-0.4, -0.2) is 12.0 Å². The Bertz CT molecular complexity index is 495. The van der Waals surface area contributed by atoms with Gasteiger partial charge in [-0.2, -0.15) is 18.4 Å². The molecule has 88 valence electrons. The number of alkyl halides is 3. The molecule has 0 aliphatic rings. The molecule has 17 heavy (non-hydrogen) atoms. The molecule has 6 heteroatoms. The Morgan fingerprint density at radius 2 is 1.82 bits per heavy atom. The van der Waals surface area contributed by atoms with Crippen molar-refractivity contribution in [1.82, 2.24) is 0 Å². The van der Waals surface area contributed by atoms with Gasteiger partial charge in [-0.15, -0.1) is 0 Å². The summed E-state index contributed by atoms with van der Waals surface area (Å²) in [4.78, 5) is 11.4. The van der Waals surface area contributed by atoms with E-state index in [1.165, 1.54) is 24.3 Å². The number of hydrogen-bond acceptors (Lipinski definition) is 3. The standard InChI is InChI=1S/C11H7F3N2O/c12-11(13,14)10(16)5-9(17)8-3-1-7(6-15)2-4-8/h1-5H,16H2. The summed E-state index contributed by atoms with van der Waals surface area (Å²) in [6, 6.07) is 7.03. The smallest absolute Gasteiger partial charge is 0.395 e. The van der Waals surface area contributed by atoms with E-state index in [2.05, 4.69) is 0 Å². The number of nitriles is 1. The molecule has 0 fully saturated rings. The topological polar surface area (TPSA) is 66.9 Å². The van der Waals surface area contributed by atoms with Gasteiger partial charge in [0.25, 0.3) is 0 Å². The van der Waals surface area contributed by atoms with Crippen molar-refractivity contribution in [2.45, 2.75) is 6.18 Å². The predicted molar refractivity (Wildman–Crippen MR) is 53.8 cm³/mol. The molecule has 0 aromatic heterocycles. The van der Waals surface area contributed by atoms with Crippen LogP contribution in [0.15, 0.2) is 36.0 Å². The van der Waals surface area contributed by atoms with Crippen LogP contribution < -0.4 is 5.73 Å². The molecule has 1 rings (SSSR count). The highest BCUT2D eigenvalue weighted by atomic mass is 19.4. The SMILES string of the molecule is N#Cc1ccc(C(=O)C=C(N)C(F)(F)F)cc1. The highest BCUT2D eigenvalue weighted by Crippen LogP contribution is 2.21. The van der Waals surface area contributed by atoms with Gasteiger partial charge in [0.2, 0.25) is 0 Å². The largest absolute Gasteiger partial charge is 0.430 e. The number of rotatable bonds is 2. The average molecular weight is 240 g/mol. The number of allylic oxidation sites excluding steroid dienone is 2. The summed E-state index contributed by atoms with van der Waals surface area (Å²) < 4.78 is 36.2. The van der Waals surface area contributed by atoms with Crippen LogP contribution in [0.3, 0.4) is 0 Å². The number of benzene rings is 1. The Kier molecular flexibility index (Phi) is 3.53. The van der Waals surface area contributed by atoms with Crippen molar-refractivity contribution < 1.29 is 18.0 Å². The van der Waals surface area contributed by atoms with Crippen LogP contribution in [0.1, 0.15) is 15.9 Å². The maximum atomic E-state index is 12.1. The molecule has 2 N–H and O–H groups in total. The summed E-state index contributed by atoms with van der Waals surface area (Å²) in [6.45, 7) is 0. The van der Waals surface area contributed by atoms with Gasteiger partial charge in [-0.1, -0.05) is 0 Å². The molecule has 0 unspecified atom stereocenters. The van der Waals surface area contributed by atoms with Crippen molar-refractivity contribution in [3.05, 3.63) is 47.2 Å². The molecule has 1 aromatic rings. The molecule has 0 radical (unpaired) electrons. The average Bonchev–Trinajstić information content (AvgIpc) is 2.27. The third-order valence-corrected chi connectivity index (χ3v) is 1.91. The highest BCUT2D eigenvalue weighted by Gasteiger charge is 2.32. The summed E-state index contributed by atoms with van der Waals surface area (Å²) in [5.74, 6) is -0.857. The first kappa shape index (κ1) is 12.8. The molecule has 0 aliphatic heterocycles. The minimum atomic E-state index is -4.72. The lowest BCUT2D eigenvalue weighted by Gasteiger charge is -2.05. The molecule has 1 aromatic carbocycles.